The van der Waals surface area contributed by atoms with E-state index in [-0.39, 0.29) is 0 Å². The van der Waals surface area contributed by atoms with Crippen molar-refractivity contribution in [2.24, 2.45) is 0 Å². The lowest BCUT2D eigenvalue weighted by molar-refractivity contribution is 0.0600. The molecule has 3 heterocycles. The third-order valence-electron chi connectivity index (χ3n) is 5.37. The Morgan fingerprint density at radius 1 is 1.18 bits per heavy atom. The van der Waals surface area contributed by atoms with Gasteiger partial charge in [0, 0.05) is 46.7 Å². The minimum atomic E-state index is -0.401. The van der Waals surface area contributed by atoms with Crippen LogP contribution in [0.4, 0.5) is 5.95 Å². The van der Waals surface area contributed by atoms with Crippen LogP contribution in [0.1, 0.15) is 40.9 Å². The van der Waals surface area contributed by atoms with E-state index in [0.717, 1.165) is 58.1 Å². The van der Waals surface area contributed by atoms with Crippen LogP contribution in [0.2, 0.25) is 0 Å². The van der Waals surface area contributed by atoms with Crippen LogP contribution >= 0.6 is 15.9 Å². The summed E-state index contributed by atoms with van der Waals surface area (Å²) in [5, 5.41) is 0. The van der Waals surface area contributed by atoms with Gasteiger partial charge in [-0.3, -0.25) is 9.97 Å². The maximum absolute atomic E-state index is 12.0. The number of hydrogen-bond donors (Lipinski definition) is 1. The number of nitrogens with two attached hydrogens (primary N) is 1. The van der Waals surface area contributed by atoms with E-state index < -0.39 is 5.97 Å². The number of fused-ring (bicyclic) bond motifs is 1. The summed E-state index contributed by atoms with van der Waals surface area (Å²) in [5.41, 5.74) is 11.4. The first-order valence-electron chi connectivity index (χ1n) is 10.9. The number of anilines is 1. The van der Waals surface area contributed by atoms with Crippen LogP contribution in [0.15, 0.2) is 53.3 Å². The molecule has 0 spiro atoms. The van der Waals surface area contributed by atoms with E-state index in [0.29, 0.717) is 17.2 Å². The molecule has 34 heavy (non-hydrogen) atoms. The lowest BCUT2D eigenvalue weighted by Gasteiger charge is -2.07. The van der Waals surface area contributed by atoms with E-state index in [1.54, 1.807) is 24.5 Å². The molecule has 0 aliphatic rings. The number of imidazole rings is 1. The summed E-state index contributed by atoms with van der Waals surface area (Å²) in [6.45, 7) is 2.62. The molecule has 0 saturated heterocycles. The molecule has 3 aromatic heterocycles. The fourth-order valence-electron chi connectivity index (χ4n) is 3.74. The molecular formula is C26H24BrN5O2. The van der Waals surface area contributed by atoms with Crippen molar-refractivity contribution in [1.82, 2.24) is 19.5 Å². The zero-order valence-corrected chi connectivity index (χ0v) is 20.6. The number of pyridine rings is 2. The maximum Gasteiger partial charge on any atom is 0.337 e. The van der Waals surface area contributed by atoms with Gasteiger partial charge in [0.15, 0.2) is 0 Å². The number of rotatable bonds is 6. The predicted octanol–water partition coefficient (Wildman–Crippen LogP) is 5.16. The van der Waals surface area contributed by atoms with Crippen molar-refractivity contribution in [3.8, 4) is 23.1 Å². The number of hydrogen-bond acceptors (Lipinski definition) is 6. The quantitative estimate of drug-likeness (QED) is 0.215. The van der Waals surface area contributed by atoms with Crippen LogP contribution in [0.3, 0.4) is 0 Å². The first-order valence-corrected chi connectivity index (χ1v) is 11.7. The molecule has 172 valence electrons. The zero-order chi connectivity index (χ0) is 24.1. The Morgan fingerprint density at radius 3 is 2.85 bits per heavy atom. The molecule has 0 unspecified atom stereocenters. The van der Waals surface area contributed by atoms with Gasteiger partial charge in [0.1, 0.15) is 0 Å². The smallest absolute Gasteiger partial charge is 0.337 e. The van der Waals surface area contributed by atoms with Gasteiger partial charge in [-0.05, 0) is 56.2 Å². The van der Waals surface area contributed by atoms with Gasteiger partial charge in [-0.25, -0.2) is 9.78 Å². The highest BCUT2D eigenvalue weighted by Crippen LogP contribution is 2.24. The first-order chi connectivity index (χ1) is 16.5. The van der Waals surface area contributed by atoms with E-state index >= 15 is 0 Å². The van der Waals surface area contributed by atoms with Crippen LogP contribution in [0.25, 0.3) is 22.3 Å². The highest BCUT2D eigenvalue weighted by Gasteiger charge is 2.12. The topological polar surface area (TPSA) is 95.9 Å². The molecule has 0 aliphatic carbocycles. The number of nitrogens with zero attached hydrogens (tertiary/aromatic N) is 4. The lowest BCUT2D eigenvalue weighted by atomic mass is 10.0. The third kappa shape index (κ3) is 5.26. The van der Waals surface area contributed by atoms with Gasteiger partial charge in [0.05, 0.1) is 29.4 Å². The molecule has 7 nitrogen and oxygen atoms in total. The second-order valence-corrected chi connectivity index (χ2v) is 8.72. The number of benzene rings is 1. The molecule has 0 fully saturated rings. The fourth-order valence-corrected chi connectivity index (χ4v) is 4.09. The van der Waals surface area contributed by atoms with Crippen molar-refractivity contribution in [2.45, 2.75) is 32.7 Å². The SMILES string of the molecule is COC(=O)c1cc(C)nc(-c2cnccc2C#CCCCCn2c(N)nc3ccc(Br)cc32)c1. The Bertz CT molecular complexity index is 1420. The van der Waals surface area contributed by atoms with Crippen LogP contribution in [-0.2, 0) is 11.3 Å². The second kappa shape index (κ2) is 10.5. The second-order valence-electron chi connectivity index (χ2n) is 7.81. The van der Waals surface area contributed by atoms with E-state index in [2.05, 4.69) is 42.7 Å². The van der Waals surface area contributed by atoms with Gasteiger partial charge in [-0.15, -0.1) is 0 Å². The number of methoxy groups -OCH3 is 1. The monoisotopic (exact) mass is 517 g/mol. The molecule has 0 radical (unpaired) electrons. The Balaban J connectivity index is 1.44. The molecule has 0 bridgehead atoms. The van der Waals surface area contributed by atoms with Crippen LogP contribution in [0.5, 0.6) is 0 Å². The fraction of sp³-hybridized carbons (Fsp3) is 0.231. The predicted molar refractivity (Wildman–Crippen MR) is 136 cm³/mol. The van der Waals surface area contributed by atoms with Crippen molar-refractivity contribution >= 4 is 38.9 Å². The molecule has 0 amide bonds. The number of aromatic nitrogens is 4. The number of carbonyl (C=O) groups is 1. The first kappa shape index (κ1) is 23.5. The molecule has 4 aromatic rings. The van der Waals surface area contributed by atoms with E-state index in [9.17, 15) is 4.79 Å². The summed E-state index contributed by atoms with van der Waals surface area (Å²) in [4.78, 5) is 25.2. The molecular weight excluding hydrogens is 494 g/mol. The molecule has 8 heteroatoms. The molecule has 4 rings (SSSR count). The standard InChI is InChI=1S/C26H24BrN5O2/c1-17-13-19(25(33)34-2)14-23(30-17)21-16-29-11-10-18(21)7-5-3-4-6-12-32-24-15-20(27)8-9-22(24)31-26(32)28/h8-11,13-16H,3-4,6,12H2,1-2H3,(H2,28,31). The van der Waals surface area contributed by atoms with Crippen molar-refractivity contribution in [1.29, 1.82) is 0 Å². The summed E-state index contributed by atoms with van der Waals surface area (Å²) in [5.74, 6) is 6.62. The van der Waals surface area contributed by atoms with Gasteiger partial charge in [-0.2, -0.15) is 0 Å². The molecule has 1 aromatic carbocycles. The minimum absolute atomic E-state index is 0.401. The largest absolute Gasteiger partial charge is 0.465 e. The van der Waals surface area contributed by atoms with Gasteiger partial charge >= 0.3 is 5.97 Å². The Hall–Kier alpha value is -3.70. The number of ether oxygens (including phenoxy) is 1. The highest BCUT2D eigenvalue weighted by atomic mass is 79.9. The van der Waals surface area contributed by atoms with Crippen molar-refractivity contribution < 1.29 is 9.53 Å². The molecule has 2 N–H and O–H groups in total. The Kier molecular flexibility index (Phi) is 7.24. The third-order valence-corrected chi connectivity index (χ3v) is 5.86. The maximum atomic E-state index is 12.0. The minimum Gasteiger partial charge on any atom is -0.465 e. The Morgan fingerprint density at radius 2 is 2.03 bits per heavy atom. The number of nitrogen functional groups attached to an aromatic ring is 1. The van der Waals surface area contributed by atoms with Crippen LogP contribution in [0, 0.1) is 18.8 Å². The van der Waals surface area contributed by atoms with Crippen LogP contribution in [-0.4, -0.2) is 32.6 Å². The van der Waals surface area contributed by atoms with Gasteiger partial charge in [0.2, 0.25) is 5.95 Å². The average molecular weight is 518 g/mol. The van der Waals surface area contributed by atoms with Crippen molar-refractivity contribution in [3.63, 3.8) is 0 Å². The molecule has 0 saturated carbocycles. The van der Waals surface area contributed by atoms with Crippen molar-refractivity contribution in [2.75, 3.05) is 12.8 Å². The normalized spacial score (nSPS) is 10.7. The number of unbranched alkanes of at least 4 members (excludes halogenated alkanes) is 2. The van der Waals surface area contributed by atoms with E-state index in [1.807, 2.05) is 35.8 Å². The zero-order valence-electron chi connectivity index (χ0n) is 19.0. The van der Waals surface area contributed by atoms with Crippen LogP contribution < -0.4 is 5.73 Å². The molecule has 0 atom stereocenters. The average Bonchev–Trinajstić information content (AvgIpc) is 3.14. The summed E-state index contributed by atoms with van der Waals surface area (Å²) in [6.07, 6.45) is 6.03. The summed E-state index contributed by atoms with van der Waals surface area (Å²) >= 11 is 3.51. The van der Waals surface area contributed by atoms with Crippen molar-refractivity contribution in [3.05, 3.63) is 70.1 Å². The van der Waals surface area contributed by atoms with Gasteiger partial charge in [0.25, 0.3) is 0 Å². The summed E-state index contributed by atoms with van der Waals surface area (Å²) in [7, 11) is 1.36. The van der Waals surface area contributed by atoms with E-state index in [1.165, 1.54) is 7.11 Å². The molecule has 0 aliphatic heterocycles. The van der Waals surface area contributed by atoms with Gasteiger partial charge in [-0.1, -0.05) is 27.8 Å². The number of aryl methyl sites for hydroxylation is 2. The highest BCUT2D eigenvalue weighted by molar-refractivity contribution is 9.10. The number of carbonyl (C=O) groups excluding carboxylic acids is 1. The number of halogens is 1. The van der Waals surface area contributed by atoms with Gasteiger partial charge < -0.3 is 15.0 Å². The number of esters is 1. The summed E-state index contributed by atoms with van der Waals surface area (Å²) in [6, 6.07) is 11.2. The Labute approximate surface area is 206 Å². The summed E-state index contributed by atoms with van der Waals surface area (Å²) < 4.78 is 7.89. The lowest BCUT2D eigenvalue weighted by Crippen LogP contribution is -2.03. The van der Waals surface area contributed by atoms with E-state index in [4.69, 9.17) is 10.5 Å².